The van der Waals surface area contributed by atoms with Crippen LogP contribution in [-0.2, 0) is 0 Å². The van der Waals surface area contributed by atoms with Crippen LogP contribution in [-0.4, -0.2) is 21.4 Å². The summed E-state index contributed by atoms with van der Waals surface area (Å²) in [6.45, 7) is 1.92. The number of allylic oxidation sites excluding steroid dienone is 2. The van der Waals surface area contributed by atoms with Crippen molar-refractivity contribution in [2.75, 3.05) is 5.43 Å². The van der Waals surface area contributed by atoms with E-state index in [1.807, 2.05) is 79.7 Å². The summed E-state index contributed by atoms with van der Waals surface area (Å²) in [4.78, 5) is 4.59. The zero-order chi connectivity index (χ0) is 16.6. The Morgan fingerprint density at radius 1 is 0.833 bits per heavy atom. The molecule has 0 fully saturated rings. The van der Waals surface area contributed by atoms with E-state index in [9.17, 15) is 0 Å². The van der Waals surface area contributed by atoms with Gasteiger partial charge < -0.3 is 0 Å². The molecular formula is C19H17N5. The van der Waals surface area contributed by atoms with Gasteiger partial charge in [0, 0.05) is 17.3 Å². The topological polar surface area (TPSA) is 63.1 Å². The van der Waals surface area contributed by atoms with Crippen LogP contribution in [0.1, 0.15) is 6.92 Å². The summed E-state index contributed by atoms with van der Waals surface area (Å²) in [5.74, 6) is 0.356. The largest absolute Gasteiger partial charge is 0.263 e. The van der Waals surface area contributed by atoms with E-state index in [0.717, 1.165) is 22.5 Å². The molecular weight excluding hydrogens is 298 g/mol. The molecule has 0 atom stereocenters. The Kier molecular flexibility index (Phi) is 5.04. The highest BCUT2D eigenvalue weighted by Crippen LogP contribution is 2.28. The van der Waals surface area contributed by atoms with Gasteiger partial charge in [-0.25, -0.2) is 10.4 Å². The van der Waals surface area contributed by atoms with E-state index in [1.165, 1.54) is 0 Å². The molecule has 0 unspecified atom stereocenters. The minimum Gasteiger partial charge on any atom is -0.244 e. The molecule has 118 valence electrons. The van der Waals surface area contributed by atoms with Crippen molar-refractivity contribution in [3.8, 4) is 22.5 Å². The first-order valence-corrected chi connectivity index (χ1v) is 7.64. The van der Waals surface area contributed by atoms with Crippen LogP contribution in [0.5, 0.6) is 0 Å². The van der Waals surface area contributed by atoms with Crippen LogP contribution >= 0.6 is 0 Å². The van der Waals surface area contributed by atoms with E-state index in [4.69, 9.17) is 0 Å². The second kappa shape index (κ2) is 7.78. The van der Waals surface area contributed by atoms with Gasteiger partial charge in [-0.05, 0) is 13.0 Å². The van der Waals surface area contributed by atoms with Crippen molar-refractivity contribution in [3.63, 3.8) is 0 Å². The quantitative estimate of drug-likeness (QED) is 0.567. The minimum absolute atomic E-state index is 0.356. The molecule has 0 saturated heterocycles. The monoisotopic (exact) mass is 315 g/mol. The molecule has 0 aliphatic heterocycles. The standard InChI is InChI=1S/C19H17N5/c1-2-3-14-20-23-19-21-17(15-10-6-4-7-11-15)18(22-24-19)16-12-8-5-9-13-16/h2-14H,1H3,(H,21,23,24)/b3-2+,20-14+. The number of anilines is 1. The molecule has 5 nitrogen and oxygen atoms in total. The van der Waals surface area contributed by atoms with Crippen molar-refractivity contribution < 1.29 is 0 Å². The smallest absolute Gasteiger partial charge is 0.244 e. The molecule has 0 aliphatic rings. The van der Waals surface area contributed by atoms with E-state index in [1.54, 1.807) is 6.21 Å². The van der Waals surface area contributed by atoms with Gasteiger partial charge in [0.25, 0.3) is 5.95 Å². The Hall–Kier alpha value is -3.34. The zero-order valence-electron chi connectivity index (χ0n) is 13.3. The van der Waals surface area contributed by atoms with Gasteiger partial charge in [-0.1, -0.05) is 66.7 Å². The third kappa shape index (κ3) is 3.70. The van der Waals surface area contributed by atoms with E-state index >= 15 is 0 Å². The van der Waals surface area contributed by atoms with Gasteiger partial charge in [0.05, 0.1) is 0 Å². The average Bonchev–Trinajstić information content (AvgIpc) is 2.66. The maximum atomic E-state index is 4.59. The highest BCUT2D eigenvalue weighted by Gasteiger charge is 2.12. The molecule has 0 spiro atoms. The maximum Gasteiger partial charge on any atom is 0.263 e. The Morgan fingerprint density at radius 3 is 2.08 bits per heavy atom. The lowest BCUT2D eigenvalue weighted by atomic mass is 10.0. The molecule has 0 aliphatic carbocycles. The number of benzene rings is 2. The van der Waals surface area contributed by atoms with Crippen LogP contribution in [0.3, 0.4) is 0 Å². The molecule has 2 aromatic carbocycles. The predicted octanol–water partition coefficient (Wildman–Crippen LogP) is 4.18. The van der Waals surface area contributed by atoms with Gasteiger partial charge >= 0.3 is 0 Å². The summed E-state index contributed by atoms with van der Waals surface area (Å²) in [7, 11) is 0. The fourth-order valence-electron chi connectivity index (χ4n) is 2.19. The Morgan fingerprint density at radius 2 is 1.46 bits per heavy atom. The molecule has 3 rings (SSSR count). The van der Waals surface area contributed by atoms with E-state index in [0.29, 0.717) is 5.95 Å². The SMILES string of the molecule is C/C=C/C=N/Nc1nnc(-c2ccccc2)c(-c2ccccc2)n1. The number of aromatic nitrogens is 3. The fraction of sp³-hybridized carbons (Fsp3) is 0.0526. The first-order valence-electron chi connectivity index (χ1n) is 7.64. The van der Waals surface area contributed by atoms with Crippen molar-refractivity contribution >= 4 is 12.2 Å². The van der Waals surface area contributed by atoms with Crippen molar-refractivity contribution in [2.24, 2.45) is 5.10 Å². The van der Waals surface area contributed by atoms with E-state index < -0.39 is 0 Å². The van der Waals surface area contributed by atoms with Crippen molar-refractivity contribution in [1.29, 1.82) is 0 Å². The predicted molar refractivity (Wildman–Crippen MR) is 97.6 cm³/mol. The van der Waals surface area contributed by atoms with Crippen molar-refractivity contribution in [1.82, 2.24) is 15.2 Å². The fourth-order valence-corrected chi connectivity index (χ4v) is 2.19. The first kappa shape index (κ1) is 15.6. The van der Waals surface area contributed by atoms with Crippen molar-refractivity contribution in [3.05, 3.63) is 72.8 Å². The third-order valence-corrected chi connectivity index (χ3v) is 3.30. The summed E-state index contributed by atoms with van der Waals surface area (Å²) < 4.78 is 0. The first-order chi connectivity index (χ1) is 11.9. The van der Waals surface area contributed by atoms with Gasteiger partial charge in [-0.2, -0.15) is 5.10 Å². The number of hydrazone groups is 1. The highest BCUT2D eigenvalue weighted by molar-refractivity contribution is 5.78. The highest BCUT2D eigenvalue weighted by atomic mass is 15.4. The second-order valence-electron chi connectivity index (χ2n) is 4.98. The Labute approximate surface area is 140 Å². The summed E-state index contributed by atoms with van der Waals surface area (Å²) in [6.07, 6.45) is 5.34. The molecule has 1 heterocycles. The molecule has 24 heavy (non-hydrogen) atoms. The molecule has 0 amide bonds. The van der Waals surface area contributed by atoms with Crippen molar-refractivity contribution in [2.45, 2.75) is 6.92 Å². The molecule has 1 aromatic heterocycles. The third-order valence-electron chi connectivity index (χ3n) is 3.30. The Bertz CT molecular complexity index is 842. The van der Waals surface area contributed by atoms with Crippen LogP contribution in [0, 0.1) is 0 Å². The summed E-state index contributed by atoms with van der Waals surface area (Å²) in [6, 6.07) is 19.8. The number of nitrogens with zero attached hydrogens (tertiary/aromatic N) is 4. The molecule has 0 saturated carbocycles. The minimum atomic E-state index is 0.356. The zero-order valence-corrected chi connectivity index (χ0v) is 13.3. The number of hydrogen-bond donors (Lipinski definition) is 1. The maximum absolute atomic E-state index is 4.59. The van der Waals surface area contributed by atoms with Crippen LogP contribution in [0.2, 0.25) is 0 Å². The van der Waals surface area contributed by atoms with Gasteiger partial charge in [-0.3, -0.25) is 0 Å². The molecule has 1 N–H and O–H groups in total. The Balaban J connectivity index is 2.03. The molecule has 3 aromatic rings. The molecule has 0 bridgehead atoms. The van der Waals surface area contributed by atoms with Crippen LogP contribution < -0.4 is 5.43 Å². The number of nitrogens with one attached hydrogen (secondary N) is 1. The van der Waals surface area contributed by atoms with Crippen LogP contribution in [0.25, 0.3) is 22.5 Å². The second-order valence-corrected chi connectivity index (χ2v) is 4.98. The van der Waals surface area contributed by atoms with Gasteiger partial charge in [-0.15, -0.1) is 10.2 Å². The summed E-state index contributed by atoms with van der Waals surface area (Å²) in [5.41, 5.74) is 6.26. The number of rotatable bonds is 5. The van der Waals surface area contributed by atoms with Crippen LogP contribution in [0.4, 0.5) is 5.95 Å². The summed E-state index contributed by atoms with van der Waals surface area (Å²) >= 11 is 0. The average molecular weight is 315 g/mol. The molecule has 0 radical (unpaired) electrons. The van der Waals surface area contributed by atoms with Crippen LogP contribution in [0.15, 0.2) is 77.9 Å². The van der Waals surface area contributed by atoms with E-state index in [-0.39, 0.29) is 0 Å². The lowest BCUT2D eigenvalue weighted by Gasteiger charge is -2.09. The van der Waals surface area contributed by atoms with Gasteiger partial charge in [0.2, 0.25) is 0 Å². The molecule has 5 heteroatoms. The van der Waals surface area contributed by atoms with Gasteiger partial charge in [0.1, 0.15) is 11.4 Å². The number of hydrogen-bond acceptors (Lipinski definition) is 5. The van der Waals surface area contributed by atoms with E-state index in [2.05, 4.69) is 25.7 Å². The summed E-state index contributed by atoms with van der Waals surface area (Å²) in [5, 5.41) is 12.5. The normalized spacial score (nSPS) is 11.2. The van der Waals surface area contributed by atoms with Gasteiger partial charge in [0.15, 0.2) is 0 Å². The lowest BCUT2D eigenvalue weighted by molar-refractivity contribution is 0.973. The lowest BCUT2D eigenvalue weighted by Crippen LogP contribution is -2.02.